The van der Waals surface area contributed by atoms with E-state index in [0.29, 0.717) is 31.1 Å². The van der Waals surface area contributed by atoms with Crippen LogP contribution in [0.1, 0.15) is 29.2 Å². The first kappa shape index (κ1) is 25.5. The fourth-order valence-electron chi connectivity index (χ4n) is 6.90. The van der Waals surface area contributed by atoms with E-state index in [-0.39, 0.29) is 43.7 Å². The van der Waals surface area contributed by atoms with E-state index in [0.717, 1.165) is 28.1 Å². The van der Waals surface area contributed by atoms with Crippen LogP contribution >= 0.6 is 0 Å². The summed E-state index contributed by atoms with van der Waals surface area (Å²) in [5.74, 6) is 0.395. The highest BCUT2D eigenvalue weighted by molar-refractivity contribution is 6.19. The Kier molecular flexibility index (Phi) is 6.15. The Morgan fingerprint density at radius 1 is 0.854 bits per heavy atom. The van der Waals surface area contributed by atoms with Gasteiger partial charge in [-0.05, 0) is 48.1 Å². The molecule has 4 amide bonds. The monoisotopic (exact) mass is 554 g/mol. The molecule has 3 aromatic rings. The van der Waals surface area contributed by atoms with E-state index in [9.17, 15) is 19.2 Å². The Labute approximate surface area is 236 Å². The average Bonchev–Trinajstić information content (AvgIpc) is 3.43. The smallest absolute Gasteiger partial charge is 0.331 e. The number of barbiturate groups is 1. The molecule has 2 aromatic carbocycles. The van der Waals surface area contributed by atoms with Gasteiger partial charge in [-0.15, -0.1) is 0 Å². The second-order valence-electron chi connectivity index (χ2n) is 11.5. The molecule has 1 aromatic heterocycles. The number of amides is 4. The van der Waals surface area contributed by atoms with Crippen molar-refractivity contribution in [2.45, 2.75) is 31.8 Å². The topological polar surface area (TPSA) is 110 Å². The quantitative estimate of drug-likeness (QED) is 0.467. The lowest BCUT2D eigenvalue weighted by Crippen LogP contribution is -2.67. The van der Waals surface area contributed by atoms with E-state index >= 15 is 0 Å². The third kappa shape index (κ3) is 4.48. The molecule has 0 spiro atoms. The number of hydrogen-bond donors (Lipinski definition) is 1. The van der Waals surface area contributed by atoms with E-state index in [1.54, 1.807) is 24.3 Å². The van der Waals surface area contributed by atoms with Crippen molar-refractivity contribution in [3.63, 3.8) is 0 Å². The lowest BCUT2D eigenvalue weighted by atomic mass is 9.75. The summed E-state index contributed by atoms with van der Waals surface area (Å²) in [4.78, 5) is 57.1. The van der Waals surface area contributed by atoms with Gasteiger partial charge in [-0.3, -0.25) is 24.6 Å². The predicted molar refractivity (Wildman–Crippen MR) is 147 cm³/mol. The van der Waals surface area contributed by atoms with Crippen LogP contribution in [0.25, 0.3) is 0 Å². The van der Waals surface area contributed by atoms with E-state index in [1.807, 2.05) is 47.0 Å². The zero-order valence-electron chi connectivity index (χ0n) is 22.5. The summed E-state index contributed by atoms with van der Waals surface area (Å²) in [6, 6.07) is 19.3. The normalized spacial score (nSPS) is 25.2. The number of fused-ring (bicyclic) bond motifs is 5. The molecule has 210 valence electrons. The summed E-state index contributed by atoms with van der Waals surface area (Å²) >= 11 is 0. The van der Waals surface area contributed by atoms with E-state index in [4.69, 9.17) is 9.47 Å². The Hall–Kier alpha value is -4.44. The lowest BCUT2D eigenvalue weighted by molar-refractivity contribution is -0.154. The van der Waals surface area contributed by atoms with Crippen molar-refractivity contribution in [3.8, 4) is 11.5 Å². The molecule has 0 saturated carbocycles. The molecule has 0 aliphatic carbocycles. The number of rotatable bonds is 6. The number of ether oxygens (including phenoxy) is 2. The van der Waals surface area contributed by atoms with Crippen molar-refractivity contribution in [1.29, 1.82) is 0 Å². The van der Waals surface area contributed by atoms with Crippen molar-refractivity contribution in [2.75, 3.05) is 26.4 Å². The number of carbonyl (C=O) groups excluding carboxylic acids is 3. The van der Waals surface area contributed by atoms with Gasteiger partial charge in [0.1, 0.15) is 5.41 Å². The highest BCUT2D eigenvalue weighted by Crippen LogP contribution is 2.40. The summed E-state index contributed by atoms with van der Waals surface area (Å²) in [5.41, 5.74) is 0.974. The second kappa shape index (κ2) is 9.88. The molecule has 2 saturated heterocycles. The van der Waals surface area contributed by atoms with E-state index in [2.05, 4.69) is 10.2 Å². The zero-order chi connectivity index (χ0) is 28.1. The van der Waals surface area contributed by atoms with Crippen LogP contribution in [0.15, 0.2) is 71.5 Å². The molecule has 4 aliphatic rings. The first-order chi connectivity index (χ1) is 19.9. The molecule has 7 rings (SSSR count). The van der Waals surface area contributed by atoms with Crippen molar-refractivity contribution in [2.24, 2.45) is 11.3 Å². The number of carbonyl (C=O) groups is 3. The van der Waals surface area contributed by atoms with Crippen molar-refractivity contribution >= 4 is 17.8 Å². The first-order valence-electron chi connectivity index (χ1n) is 13.9. The molecule has 4 aliphatic heterocycles. The number of benzene rings is 2. The summed E-state index contributed by atoms with van der Waals surface area (Å²) in [5, 5.41) is 2.51. The molecule has 5 heterocycles. The van der Waals surface area contributed by atoms with Gasteiger partial charge in [0.25, 0.3) is 5.56 Å². The minimum Gasteiger partial charge on any atom is -0.454 e. The van der Waals surface area contributed by atoms with Gasteiger partial charge >= 0.3 is 6.03 Å². The van der Waals surface area contributed by atoms with Crippen LogP contribution in [0.2, 0.25) is 0 Å². The van der Waals surface area contributed by atoms with Crippen molar-refractivity contribution in [1.82, 2.24) is 19.7 Å². The van der Waals surface area contributed by atoms with Crippen LogP contribution in [0, 0.1) is 11.3 Å². The van der Waals surface area contributed by atoms with Gasteiger partial charge in [0.05, 0.1) is 6.54 Å². The molecule has 0 radical (unpaired) electrons. The third-order valence-electron chi connectivity index (χ3n) is 8.73. The minimum atomic E-state index is -1.54. The molecule has 10 nitrogen and oxygen atoms in total. The molecule has 3 atom stereocenters. The van der Waals surface area contributed by atoms with Gasteiger partial charge < -0.3 is 18.9 Å². The number of hydrogen-bond acceptors (Lipinski definition) is 7. The van der Waals surface area contributed by atoms with Crippen LogP contribution < -0.4 is 20.3 Å². The predicted octanol–water partition coefficient (Wildman–Crippen LogP) is 2.50. The van der Waals surface area contributed by atoms with Gasteiger partial charge in [-0.25, -0.2) is 4.79 Å². The molecule has 0 unspecified atom stereocenters. The van der Waals surface area contributed by atoms with Crippen molar-refractivity contribution in [3.05, 3.63) is 93.9 Å². The number of nitrogens with one attached hydrogen (secondary N) is 1. The highest BCUT2D eigenvalue weighted by atomic mass is 16.7. The summed E-state index contributed by atoms with van der Waals surface area (Å²) < 4.78 is 12.9. The lowest BCUT2D eigenvalue weighted by Gasteiger charge is -2.47. The fraction of sp³-hybridized carbons (Fsp3) is 0.355. The molecule has 10 heteroatoms. The van der Waals surface area contributed by atoms with Crippen LogP contribution in [0.3, 0.4) is 0 Å². The Bertz CT molecular complexity index is 1600. The molecule has 1 N–H and O–H groups in total. The molecule has 41 heavy (non-hydrogen) atoms. The summed E-state index contributed by atoms with van der Waals surface area (Å²) in [7, 11) is 0. The Balaban J connectivity index is 1.24. The standard InChI is InChI=1S/C31H30N4O6/c36-27-8-4-7-24-23-11-22(16-34(24)27)14-33(17-23)18-31(13-21-9-10-25-26(12-21)41-19-40-25)28(37)32-30(39)35(29(31)38)15-20-5-2-1-3-6-20/h1-10,12,22-23H,11,13-19H2,(H,32,37,39)/t22-,23+,31+/m0/s1. The van der Waals surface area contributed by atoms with Gasteiger partial charge in [0.15, 0.2) is 11.5 Å². The van der Waals surface area contributed by atoms with Gasteiger partial charge in [-0.2, -0.15) is 0 Å². The maximum atomic E-state index is 14.4. The second-order valence-corrected chi connectivity index (χ2v) is 11.5. The molecular weight excluding hydrogens is 524 g/mol. The maximum Gasteiger partial charge on any atom is 0.331 e. The van der Waals surface area contributed by atoms with Crippen LogP contribution in [-0.2, 0) is 29.1 Å². The number of urea groups is 1. The SMILES string of the molecule is O=C1NC(=O)[C@@](Cc2ccc3c(c2)OCO3)(CN2C[C@@H]3C[C@H](C2)c2cccc(=O)n2C3)C(=O)N1Cc1ccccc1. The number of piperidine rings is 1. The van der Waals surface area contributed by atoms with Crippen LogP contribution in [-0.4, -0.2) is 58.6 Å². The van der Waals surface area contributed by atoms with Gasteiger partial charge in [0, 0.05) is 43.9 Å². The van der Waals surface area contributed by atoms with Gasteiger partial charge in [0.2, 0.25) is 18.6 Å². The Morgan fingerprint density at radius 2 is 1.68 bits per heavy atom. The largest absolute Gasteiger partial charge is 0.454 e. The molecular formula is C31H30N4O6. The number of nitrogens with zero attached hydrogens (tertiary/aromatic N) is 3. The van der Waals surface area contributed by atoms with E-state index in [1.165, 1.54) is 0 Å². The van der Waals surface area contributed by atoms with Crippen LogP contribution in [0.4, 0.5) is 4.79 Å². The zero-order valence-corrected chi connectivity index (χ0v) is 22.5. The van der Waals surface area contributed by atoms with Crippen LogP contribution in [0.5, 0.6) is 11.5 Å². The highest BCUT2D eigenvalue weighted by Gasteiger charge is 2.55. The summed E-state index contributed by atoms with van der Waals surface area (Å²) in [6.45, 7) is 2.18. The van der Waals surface area contributed by atoms with E-state index < -0.39 is 23.3 Å². The number of pyridine rings is 1. The number of aromatic nitrogens is 1. The maximum absolute atomic E-state index is 14.4. The van der Waals surface area contributed by atoms with Crippen molar-refractivity contribution < 1.29 is 23.9 Å². The fourth-order valence-corrected chi connectivity index (χ4v) is 6.90. The molecule has 2 bridgehead atoms. The Morgan fingerprint density at radius 3 is 2.54 bits per heavy atom. The molecule has 2 fully saturated rings. The first-order valence-corrected chi connectivity index (χ1v) is 13.9. The number of likely N-dealkylation sites (tertiary alicyclic amines) is 1. The third-order valence-corrected chi connectivity index (χ3v) is 8.73. The average molecular weight is 555 g/mol. The number of imide groups is 2. The van der Waals surface area contributed by atoms with Gasteiger partial charge in [-0.1, -0.05) is 42.5 Å². The minimum absolute atomic E-state index is 0.00170. The summed E-state index contributed by atoms with van der Waals surface area (Å²) in [6.07, 6.45) is 1.04.